The zero-order chi connectivity index (χ0) is 20.3. The number of carboxylic acid groups (broad SMARTS) is 1. The standard InChI is InChI=1S/C20H15NO5S2/c1-12-3-2-4-14(9-12)19(25)26-15-7-5-13(6-8-15)10-16-18(24)21(11-17(22)23)20(27)28-16/h2-10H,11H2,1H3,(H,22,23). The van der Waals surface area contributed by atoms with Crippen molar-refractivity contribution in [2.45, 2.75) is 6.92 Å². The van der Waals surface area contributed by atoms with E-state index in [1.54, 1.807) is 48.5 Å². The Hall–Kier alpha value is -2.97. The van der Waals surface area contributed by atoms with E-state index >= 15 is 0 Å². The monoisotopic (exact) mass is 413 g/mol. The Labute approximate surface area is 170 Å². The molecule has 8 heteroatoms. The van der Waals surface area contributed by atoms with Crippen LogP contribution < -0.4 is 4.74 Å². The van der Waals surface area contributed by atoms with Gasteiger partial charge >= 0.3 is 11.9 Å². The number of thiocarbonyl (C=S) groups is 1. The largest absolute Gasteiger partial charge is 0.480 e. The van der Waals surface area contributed by atoms with Crippen LogP contribution in [0.3, 0.4) is 0 Å². The first-order valence-electron chi connectivity index (χ1n) is 8.19. The summed E-state index contributed by atoms with van der Waals surface area (Å²) in [5.74, 6) is -1.64. The molecular formula is C20H15NO5S2. The predicted octanol–water partition coefficient (Wildman–Crippen LogP) is 3.50. The molecule has 0 atom stereocenters. The summed E-state index contributed by atoms with van der Waals surface area (Å²) in [7, 11) is 0. The number of rotatable bonds is 5. The fourth-order valence-corrected chi connectivity index (χ4v) is 3.75. The summed E-state index contributed by atoms with van der Waals surface area (Å²) in [6.45, 7) is 1.43. The number of amides is 1. The van der Waals surface area contributed by atoms with Gasteiger partial charge in [0, 0.05) is 0 Å². The number of ether oxygens (including phenoxy) is 1. The quantitative estimate of drug-likeness (QED) is 0.348. The number of hydrogen-bond acceptors (Lipinski definition) is 6. The van der Waals surface area contributed by atoms with E-state index < -0.39 is 24.4 Å². The Balaban J connectivity index is 1.70. The molecule has 0 spiro atoms. The van der Waals surface area contributed by atoms with Gasteiger partial charge in [-0.25, -0.2) is 4.79 Å². The van der Waals surface area contributed by atoms with E-state index in [1.807, 2.05) is 13.0 Å². The molecule has 0 bridgehead atoms. The fourth-order valence-electron chi connectivity index (χ4n) is 2.49. The molecule has 0 aromatic heterocycles. The number of carbonyl (C=O) groups excluding carboxylic acids is 2. The van der Waals surface area contributed by atoms with Crippen molar-refractivity contribution in [3.05, 3.63) is 70.1 Å². The molecule has 0 unspecified atom stereocenters. The Morgan fingerprint density at radius 1 is 1.21 bits per heavy atom. The lowest BCUT2D eigenvalue weighted by Gasteiger charge is -2.10. The van der Waals surface area contributed by atoms with Gasteiger partial charge in [0.15, 0.2) is 0 Å². The third-order valence-corrected chi connectivity index (χ3v) is 5.19. The van der Waals surface area contributed by atoms with Gasteiger partial charge in [-0.3, -0.25) is 14.5 Å². The van der Waals surface area contributed by atoms with Crippen LogP contribution in [0.1, 0.15) is 21.5 Å². The normalized spacial score (nSPS) is 15.2. The van der Waals surface area contributed by atoms with Crippen LogP contribution in [0.15, 0.2) is 53.4 Å². The van der Waals surface area contributed by atoms with E-state index in [9.17, 15) is 14.4 Å². The summed E-state index contributed by atoms with van der Waals surface area (Å²) in [5.41, 5.74) is 2.13. The number of aryl methyl sites for hydroxylation is 1. The minimum Gasteiger partial charge on any atom is -0.480 e. The van der Waals surface area contributed by atoms with Crippen LogP contribution >= 0.6 is 24.0 Å². The summed E-state index contributed by atoms with van der Waals surface area (Å²) in [4.78, 5) is 36.7. The Kier molecular flexibility index (Phi) is 5.91. The molecule has 1 aliphatic heterocycles. The molecule has 1 saturated heterocycles. The molecule has 3 rings (SSSR count). The summed E-state index contributed by atoms with van der Waals surface area (Å²) in [6, 6.07) is 13.7. The highest BCUT2D eigenvalue weighted by molar-refractivity contribution is 8.26. The van der Waals surface area contributed by atoms with E-state index in [0.717, 1.165) is 22.2 Å². The number of aliphatic carboxylic acids is 1. The second-order valence-corrected chi connectivity index (χ2v) is 7.67. The van der Waals surface area contributed by atoms with Crippen LogP contribution in [0.2, 0.25) is 0 Å². The molecular weight excluding hydrogens is 398 g/mol. The van der Waals surface area contributed by atoms with Crippen molar-refractivity contribution in [3.8, 4) is 5.75 Å². The van der Waals surface area contributed by atoms with E-state index in [0.29, 0.717) is 21.8 Å². The van der Waals surface area contributed by atoms with Gasteiger partial charge in [0.2, 0.25) is 0 Å². The van der Waals surface area contributed by atoms with Gasteiger partial charge < -0.3 is 9.84 Å². The molecule has 2 aromatic carbocycles. The van der Waals surface area contributed by atoms with E-state index in [1.165, 1.54) is 0 Å². The van der Waals surface area contributed by atoms with Crippen LogP contribution in [-0.2, 0) is 9.59 Å². The second-order valence-electron chi connectivity index (χ2n) is 5.99. The van der Waals surface area contributed by atoms with Gasteiger partial charge in [-0.15, -0.1) is 0 Å². The zero-order valence-electron chi connectivity index (χ0n) is 14.7. The maximum absolute atomic E-state index is 12.3. The lowest BCUT2D eigenvalue weighted by Crippen LogP contribution is -2.33. The van der Waals surface area contributed by atoms with Crippen molar-refractivity contribution >= 4 is 52.2 Å². The van der Waals surface area contributed by atoms with Crippen LogP contribution in [0.25, 0.3) is 6.08 Å². The topological polar surface area (TPSA) is 83.9 Å². The number of nitrogens with zero attached hydrogens (tertiary/aromatic N) is 1. The maximum Gasteiger partial charge on any atom is 0.343 e. The van der Waals surface area contributed by atoms with Gasteiger partial charge in [-0.05, 0) is 42.8 Å². The SMILES string of the molecule is Cc1cccc(C(=O)Oc2ccc(C=C3SC(=S)N(CC(=O)O)C3=O)cc2)c1. The fraction of sp³-hybridized carbons (Fsp3) is 0.100. The van der Waals surface area contributed by atoms with Crippen molar-refractivity contribution in [2.75, 3.05) is 6.54 Å². The van der Waals surface area contributed by atoms with Crippen LogP contribution in [-0.4, -0.2) is 38.7 Å². The van der Waals surface area contributed by atoms with Gasteiger partial charge in [-0.1, -0.05) is 53.8 Å². The first-order chi connectivity index (χ1) is 13.3. The molecule has 1 fully saturated rings. The highest BCUT2D eigenvalue weighted by Crippen LogP contribution is 2.32. The molecule has 1 aliphatic rings. The van der Waals surface area contributed by atoms with E-state index in [-0.39, 0.29) is 4.32 Å². The average molecular weight is 413 g/mol. The van der Waals surface area contributed by atoms with Crippen LogP contribution in [0, 0.1) is 6.92 Å². The molecule has 2 aromatic rings. The number of benzene rings is 2. The van der Waals surface area contributed by atoms with Crippen molar-refractivity contribution in [3.63, 3.8) is 0 Å². The van der Waals surface area contributed by atoms with E-state index in [4.69, 9.17) is 22.1 Å². The summed E-state index contributed by atoms with van der Waals surface area (Å²) in [6.07, 6.45) is 1.62. The third-order valence-electron chi connectivity index (χ3n) is 3.81. The lowest BCUT2D eigenvalue weighted by molar-refractivity contribution is -0.140. The van der Waals surface area contributed by atoms with Gasteiger partial charge in [0.1, 0.15) is 16.6 Å². The molecule has 1 N–H and O–H groups in total. The molecule has 6 nitrogen and oxygen atoms in total. The first kappa shape index (κ1) is 19.8. The molecule has 142 valence electrons. The average Bonchev–Trinajstić information content (AvgIpc) is 2.90. The third kappa shape index (κ3) is 4.65. The molecule has 0 aliphatic carbocycles. The number of carbonyl (C=O) groups is 3. The molecule has 28 heavy (non-hydrogen) atoms. The summed E-state index contributed by atoms with van der Waals surface area (Å²) >= 11 is 6.11. The molecule has 1 amide bonds. The van der Waals surface area contributed by atoms with Gasteiger partial charge in [0.05, 0.1) is 10.5 Å². The number of hydrogen-bond donors (Lipinski definition) is 1. The minimum absolute atomic E-state index is 0.211. The van der Waals surface area contributed by atoms with Crippen LogP contribution in [0.5, 0.6) is 5.75 Å². The smallest absolute Gasteiger partial charge is 0.343 e. The van der Waals surface area contributed by atoms with Crippen molar-refractivity contribution < 1.29 is 24.2 Å². The van der Waals surface area contributed by atoms with Crippen LogP contribution in [0.4, 0.5) is 0 Å². The van der Waals surface area contributed by atoms with Crippen molar-refractivity contribution in [1.82, 2.24) is 4.90 Å². The highest BCUT2D eigenvalue weighted by Gasteiger charge is 2.33. The van der Waals surface area contributed by atoms with Crippen molar-refractivity contribution in [2.24, 2.45) is 0 Å². The molecule has 0 radical (unpaired) electrons. The first-order valence-corrected chi connectivity index (χ1v) is 9.42. The summed E-state index contributed by atoms with van der Waals surface area (Å²) < 4.78 is 5.56. The van der Waals surface area contributed by atoms with Gasteiger partial charge in [0.25, 0.3) is 5.91 Å². The molecule has 1 heterocycles. The molecule has 0 saturated carbocycles. The number of carboxylic acids is 1. The summed E-state index contributed by atoms with van der Waals surface area (Å²) in [5, 5.41) is 8.86. The van der Waals surface area contributed by atoms with E-state index in [2.05, 4.69) is 0 Å². The Morgan fingerprint density at radius 2 is 1.93 bits per heavy atom. The lowest BCUT2D eigenvalue weighted by atomic mass is 10.1. The predicted molar refractivity (Wildman–Crippen MR) is 110 cm³/mol. The Bertz CT molecular complexity index is 998. The van der Waals surface area contributed by atoms with Crippen molar-refractivity contribution in [1.29, 1.82) is 0 Å². The highest BCUT2D eigenvalue weighted by atomic mass is 32.2. The van der Waals surface area contributed by atoms with Gasteiger partial charge in [-0.2, -0.15) is 0 Å². The minimum atomic E-state index is -1.13. The second kappa shape index (κ2) is 8.37. The maximum atomic E-state index is 12.3. The Morgan fingerprint density at radius 3 is 2.57 bits per heavy atom. The zero-order valence-corrected chi connectivity index (χ0v) is 16.4. The number of thioether (sulfide) groups is 1. The number of esters is 1.